The van der Waals surface area contributed by atoms with Crippen LogP contribution in [0, 0.1) is 0 Å². The van der Waals surface area contributed by atoms with Crippen molar-refractivity contribution >= 4 is 5.97 Å². The molecule has 0 heterocycles. The molecule has 0 unspecified atom stereocenters. The second-order valence-electron chi connectivity index (χ2n) is 1.63. The Morgan fingerprint density at radius 2 is 1.90 bits per heavy atom. The topological polar surface area (TPSA) is 56.7 Å². The predicted octanol–water partition coefficient (Wildman–Crippen LogP) is -1.49. The third-order valence-corrected chi connectivity index (χ3v) is 0.744. The number of quaternary nitrogens is 1. The average Bonchev–Trinajstić information content (AvgIpc) is 1.91. The molecule has 0 amide bonds. The van der Waals surface area contributed by atoms with Gasteiger partial charge < -0.3 is 15.2 Å². The number of carboxylic acids is 1. The molecule has 0 aliphatic heterocycles. The van der Waals surface area contributed by atoms with Gasteiger partial charge in [-0.1, -0.05) is 6.58 Å². The number of nitrogens with two attached hydrogens (primary N) is 1. The van der Waals surface area contributed by atoms with Gasteiger partial charge in [0.25, 0.3) is 0 Å². The fourth-order valence-electron chi connectivity index (χ4n) is 0.289. The number of hydrogen-bond donors (Lipinski definition) is 1. The molecule has 0 aromatic rings. The summed E-state index contributed by atoms with van der Waals surface area (Å²) >= 11 is 0. The van der Waals surface area contributed by atoms with Crippen molar-refractivity contribution in [3.05, 3.63) is 12.7 Å². The highest BCUT2D eigenvalue weighted by Crippen LogP contribution is 1.47. The van der Waals surface area contributed by atoms with Gasteiger partial charge in [-0.05, 0) is 19.9 Å². The SMILES string of the molecule is C=CC(=O)[O-].CC[NH2+]CC. The lowest BCUT2D eigenvalue weighted by atomic mass is 10.7. The van der Waals surface area contributed by atoms with E-state index in [1.807, 2.05) is 0 Å². The molecule has 0 aromatic carbocycles. The quantitative estimate of drug-likeness (QED) is 0.492. The highest BCUT2D eigenvalue weighted by molar-refractivity contribution is 5.76. The Bertz CT molecular complexity index is 89.6. The van der Waals surface area contributed by atoms with Gasteiger partial charge in [0.05, 0.1) is 19.1 Å². The molecule has 0 radical (unpaired) electrons. The van der Waals surface area contributed by atoms with Crippen molar-refractivity contribution in [2.75, 3.05) is 13.1 Å². The van der Waals surface area contributed by atoms with E-state index in [4.69, 9.17) is 9.90 Å². The van der Waals surface area contributed by atoms with Crippen molar-refractivity contribution < 1.29 is 15.2 Å². The zero-order valence-corrected chi connectivity index (χ0v) is 6.59. The molecule has 0 bridgehead atoms. The molecule has 0 aromatic heterocycles. The van der Waals surface area contributed by atoms with Gasteiger partial charge in [-0.25, -0.2) is 0 Å². The van der Waals surface area contributed by atoms with Crippen molar-refractivity contribution in [3.8, 4) is 0 Å². The van der Waals surface area contributed by atoms with E-state index in [1.54, 1.807) is 0 Å². The summed E-state index contributed by atoms with van der Waals surface area (Å²) in [6.07, 6.45) is 0.722. The first-order valence-electron chi connectivity index (χ1n) is 3.34. The van der Waals surface area contributed by atoms with Gasteiger partial charge in [-0.15, -0.1) is 0 Å². The highest BCUT2D eigenvalue weighted by Gasteiger charge is 1.67. The third kappa shape index (κ3) is 27.2. The van der Waals surface area contributed by atoms with Crippen LogP contribution >= 0.6 is 0 Å². The minimum absolute atomic E-state index is 0.722. The molecular weight excluding hydrogens is 130 g/mol. The van der Waals surface area contributed by atoms with E-state index in [-0.39, 0.29) is 0 Å². The van der Waals surface area contributed by atoms with Crippen molar-refractivity contribution in [2.24, 2.45) is 0 Å². The van der Waals surface area contributed by atoms with Crippen LogP contribution in [0.5, 0.6) is 0 Å². The Kier molecular flexibility index (Phi) is 13.1. The number of hydrogen-bond acceptors (Lipinski definition) is 2. The molecule has 0 fully saturated rings. The van der Waals surface area contributed by atoms with Crippen LogP contribution in [-0.4, -0.2) is 19.1 Å². The zero-order valence-electron chi connectivity index (χ0n) is 6.59. The maximum Gasteiger partial charge on any atom is 0.0726 e. The van der Waals surface area contributed by atoms with Gasteiger partial charge in [-0.2, -0.15) is 0 Å². The van der Waals surface area contributed by atoms with Crippen LogP contribution in [0.15, 0.2) is 12.7 Å². The van der Waals surface area contributed by atoms with Gasteiger partial charge in [0.15, 0.2) is 0 Å². The maximum absolute atomic E-state index is 9.14. The maximum atomic E-state index is 9.14. The Morgan fingerprint density at radius 1 is 1.60 bits per heavy atom. The van der Waals surface area contributed by atoms with Gasteiger partial charge >= 0.3 is 0 Å². The molecule has 3 nitrogen and oxygen atoms in total. The summed E-state index contributed by atoms with van der Waals surface area (Å²) in [5, 5.41) is 11.4. The number of carbonyl (C=O) groups excluding carboxylic acids is 1. The first kappa shape index (κ1) is 11.9. The lowest BCUT2D eigenvalue weighted by Crippen LogP contribution is -2.82. The third-order valence-electron chi connectivity index (χ3n) is 0.744. The molecule has 60 valence electrons. The van der Waals surface area contributed by atoms with E-state index in [0.717, 1.165) is 6.08 Å². The Balaban J connectivity index is 0. The highest BCUT2D eigenvalue weighted by atomic mass is 16.4. The van der Waals surface area contributed by atoms with E-state index in [1.165, 1.54) is 13.1 Å². The van der Waals surface area contributed by atoms with E-state index in [0.29, 0.717) is 0 Å². The monoisotopic (exact) mass is 145 g/mol. The van der Waals surface area contributed by atoms with E-state index in [9.17, 15) is 0 Å². The first-order chi connectivity index (χ1) is 4.68. The number of carboxylic acid groups (broad SMARTS) is 1. The molecule has 3 heteroatoms. The largest absolute Gasteiger partial charge is 0.545 e. The van der Waals surface area contributed by atoms with E-state index in [2.05, 4.69) is 25.7 Å². The van der Waals surface area contributed by atoms with Crippen LogP contribution in [0.4, 0.5) is 0 Å². The lowest BCUT2D eigenvalue weighted by Gasteiger charge is -1.83. The summed E-state index contributed by atoms with van der Waals surface area (Å²) < 4.78 is 0. The molecular formula is C7H15NO2. The molecule has 10 heavy (non-hydrogen) atoms. The molecule has 0 aliphatic carbocycles. The number of carbonyl (C=O) groups is 1. The smallest absolute Gasteiger partial charge is 0.0726 e. The van der Waals surface area contributed by atoms with Crippen molar-refractivity contribution in [1.82, 2.24) is 0 Å². The molecule has 0 spiro atoms. The molecule has 0 atom stereocenters. The van der Waals surface area contributed by atoms with Crippen molar-refractivity contribution in [1.29, 1.82) is 0 Å². The summed E-state index contributed by atoms with van der Waals surface area (Å²) in [5.74, 6) is -1.23. The van der Waals surface area contributed by atoms with Crippen LogP contribution < -0.4 is 10.4 Å². The standard InChI is InChI=1S/C4H11N.C3H4O2/c1-3-5-4-2;1-2-3(4)5/h5H,3-4H2,1-2H3;2H,1H2,(H,4,5). The van der Waals surface area contributed by atoms with Crippen LogP contribution in [0.2, 0.25) is 0 Å². The molecule has 2 N–H and O–H groups in total. The summed E-state index contributed by atoms with van der Waals surface area (Å²) in [6, 6.07) is 0. The summed E-state index contributed by atoms with van der Waals surface area (Å²) in [7, 11) is 0. The molecule has 0 rings (SSSR count). The van der Waals surface area contributed by atoms with Gasteiger partial charge in [0.1, 0.15) is 0 Å². The summed E-state index contributed by atoms with van der Waals surface area (Å²) in [6.45, 7) is 9.65. The van der Waals surface area contributed by atoms with E-state index >= 15 is 0 Å². The van der Waals surface area contributed by atoms with Crippen LogP contribution in [-0.2, 0) is 4.79 Å². The minimum atomic E-state index is -1.23. The van der Waals surface area contributed by atoms with Crippen LogP contribution in [0.25, 0.3) is 0 Å². The normalized spacial score (nSPS) is 7.40. The second kappa shape index (κ2) is 11.0. The van der Waals surface area contributed by atoms with Crippen molar-refractivity contribution in [3.63, 3.8) is 0 Å². The Labute approximate surface area is 61.8 Å². The van der Waals surface area contributed by atoms with Crippen molar-refractivity contribution in [2.45, 2.75) is 13.8 Å². The average molecular weight is 145 g/mol. The minimum Gasteiger partial charge on any atom is -0.545 e. The summed E-state index contributed by atoms with van der Waals surface area (Å²) in [4.78, 5) is 9.14. The number of aliphatic carboxylic acids is 1. The van der Waals surface area contributed by atoms with Crippen LogP contribution in [0.1, 0.15) is 13.8 Å². The Hall–Kier alpha value is -0.830. The molecule has 0 aliphatic rings. The fraction of sp³-hybridized carbons (Fsp3) is 0.571. The predicted molar refractivity (Wildman–Crippen MR) is 38.2 cm³/mol. The zero-order chi connectivity index (χ0) is 8.41. The van der Waals surface area contributed by atoms with Gasteiger partial charge in [-0.3, -0.25) is 0 Å². The fourth-order valence-corrected chi connectivity index (χ4v) is 0.289. The van der Waals surface area contributed by atoms with Crippen LogP contribution in [0.3, 0.4) is 0 Å². The molecule has 0 saturated heterocycles. The number of rotatable bonds is 3. The second-order valence-corrected chi connectivity index (χ2v) is 1.63. The molecule has 0 saturated carbocycles. The first-order valence-corrected chi connectivity index (χ1v) is 3.34. The summed E-state index contributed by atoms with van der Waals surface area (Å²) in [5.41, 5.74) is 0. The Morgan fingerprint density at radius 3 is 1.90 bits per heavy atom. The van der Waals surface area contributed by atoms with Gasteiger partial charge in [0, 0.05) is 0 Å². The van der Waals surface area contributed by atoms with E-state index < -0.39 is 5.97 Å². The van der Waals surface area contributed by atoms with Gasteiger partial charge in [0.2, 0.25) is 0 Å². The lowest BCUT2D eigenvalue weighted by molar-refractivity contribution is -0.648.